The van der Waals surface area contributed by atoms with E-state index in [4.69, 9.17) is 23.2 Å². The molecule has 0 spiro atoms. The summed E-state index contributed by atoms with van der Waals surface area (Å²) in [6, 6.07) is 2.15. The molecular weight excluding hydrogens is 373 g/mol. The second-order valence-corrected chi connectivity index (χ2v) is 5.24. The molecule has 0 atom stereocenters. The van der Waals surface area contributed by atoms with Crippen molar-refractivity contribution in [2.24, 2.45) is 0 Å². The van der Waals surface area contributed by atoms with E-state index in [0.717, 1.165) is 5.32 Å². The molecule has 11 heteroatoms. The number of nitrogens with one attached hydrogen (secondary N) is 2. The SMILES string of the molecule is CCC(NC(=O)Nc1c(Cl)cccc1Cl)(C(F)(F)F)C(F)(F)F. The number of rotatable bonds is 3. The van der Waals surface area contributed by atoms with Crippen LogP contribution in [-0.2, 0) is 0 Å². The summed E-state index contributed by atoms with van der Waals surface area (Å²) in [5.74, 6) is 0. The molecule has 0 aromatic heterocycles. The number of halogens is 8. The van der Waals surface area contributed by atoms with Crippen molar-refractivity contribution >= 4 is 34.9 Å². The van der Waals surface area contributed by atoms with E-state index >= 15 is 0 Å². The highest BCUT2D eigenvalue weighted by Gasteiger charge is 2.70. The highest BCUT2D eigenvalue weighted by Crippen LogP contribution is 2.45. The minimum Gasteiger partial charge on any atom is -0.316 e. The molecule has 2 amide bonds. The van der Waals surface area contributed by atoms with E-state index in [0.29, 0.717) is 6.92 Å². The standard InChI is InChI=1S/C12H10Cl2F6N2O/c1-2-10(11(15,16)17,12(18,19)20)22-9(23)21-8-6(13)4-3-5-7(8)14/h3-5H,2H2,1H3,(H2,21,22,23). The maximum Gasteiger partial charge on any atom is 0.420 e. The van der Waals surface area contributed by atoms with E-state index in [1.807, 2.05) is 0 Å². The van der Waals surface area contributed by atoms with Gasteiger partial charge in [-0.3, -0.25) is 0 Å². The molecule has 0 saturated heterocycles. The predicted molar refractivity (Wildman–Crippen MR) is 73.7 cm³/mol. The van der Waals surface area contributed by atoms with Crippen LogP contribution in [0, 0.1) is 0 Å². The van der Waals surface area contributed by atoms with Crippen molar-refractivity contribution in [3.05, 3.63) is 28.2 Å². The Morgan fingerprint density at radius 2 is 1.48 bits per heavy atom. The minimum absolute atomic E-state index is 0.145. The van der Waals surface area contributed by atoms with Gasteiger partial charge in [0.2, 0.25) is 5.54 Å². The van der Waals surface area contributed by atoms with Gasteiger partial charge in [0, 0.05) is 0 Å². The third-order valence-electron chi connectivity index (χ3n) is 3.03. The summed E-state index contributed by atoms with van der Waals surface area (Å²) in [5.41, 5.74) is -4.69. The molecule has 3 nitrogen and oxygen atoms in total. The first-order chi connectivity index (χ1) is 10.4. The molecule has 0 unspecified atom stereocenters. The molecule has 1 aromatic rings. The summed E-state index contributed by atoms with van der Waals surface area (Å²) in [4.78, 5) is 11.6. The van der Waals surface area contributed by atoms with Crippen molar-refractivity contribution in [3.63, 3.8) is 0 Å². The van der Waals surface area contributed by atoms with Crippen LogP contribution in [-0.4, -0.2) is 23.9 Å². The van der Waals surface area contributed by atoms with Crippen LogP contribution in [0.25, 0.3) is 0 Å². The molecule has 1 rings (SSSR count). The van der Waals surface area contributed by atoms with Crippen LogP contribution in [0.5, 0.6) is 0 Å². The van der Waals surface area contributed by atoms with E-state index in [2.05, 4.69) is 0 Å². The first-order valence-corrected chi connectivity index (χ1v) is 6.78. The van der Waals surface area contributed by atoms with Gasteiger partial charge in [-0.15, -0.1) is 0 Å². The summed E-state index contributed by atoms with van der Waals surface area (Å²) in [6.07, 6.45) is -12.9. The van der Waals surface area contributed by atoms with Crippen LogP contribution in [0.2, 0.25) is 10.0 Å². The Morgan fingerprint density at radius 1 is 1.04 bits per heavy atom. The Morgan fingerprint density at radius 3 is 1.83 bits per heavy atom. The summed E-state index contributed by atoms with van der Waals surface area (Å²) >= 11 is 11.4. The number of anilines is 1. The molecule has 0 radical (unpaired) electrons. The molecule has 130 valence electrons. The minimum atomic E-state index is -5.75. The lowest BCUT2D eigenvalue weighted by Gasteiger charge is -2.37. The van der Waals surface area contributed by atoms with Crippen molar-refractivity contribution in [2.75, 3.05) is 5.32 Å². The van der Waals surface area contributed by atoms with Gasteiger partial charge in [-0.05, 0) is 18.6 Å². The highest BCUT2D eigenvalue weighted by atomic mass is 35.5. The zero-order valence-corrected chi connectivity index (χ0v) is 12.9. The number of amides is 2. The molecule has 0 saturated carbocycles. The van der Waals surface area contributed by atoms with Gasteiger partial charge < -0.3 is 10.6 Å². The predicted octanol–water partition coefficient (Wildman–Crippen LogP) is 5.39. The summed E-state index contributed by atoms with van der Waals surface area (Å²) in [5, 5.41) is 2.45. The van der Waals surface area contributed by atoms with Gasteiger partial charge in [0.25, 0.3) is 0 Å². The third-order valence-corrected chi connectivity index (χ3v) is 3.66. The quantitative estimate of drug-likeness (QED) is 0.676. The lowest BCUT2D eigenvalue weighted by Crippen LogP contribution is -2.67. The van der Waals surface area contributed by atoms with Crippen molar-refractivity contribution in [2.45, 2.75) is 31.2 Å². The fourth-order valence-corrected chi connectivity index (χ4v) is 2.24. The Bertz CT molecular complexity index is 554. The summed E-state index contributed by atoms with van der Waals surface area (Å²) in [7, 11) is 0. The second kappa shape index (κ2) is 6.64. The number of para-hydroxylation sites is 1. The van der Waals surface area contributed by atoms with Gasteiger partial charge in [-0.1, -0.05) is 36.2 Å². The topological polar surface area (TPSA) is 41.1 Å². The van der Waals surface area contributed by atoms with Gasteiger partial charge in [0.05, 0.1) is 15.7 Å². The molecule has 0 aliphatic heterocycles. The zero-order chi connectivity index (χ0) is 18.1. The lowest BCUT2D eigenvalue weighted by atomic mass is 9.94. The highest BCUT2D eigenvalue weighted by molar-refractivity contribution is 6.39. The van der Waals surface area contributed by atoms with Crippen LogP contribution in [0.4, 0.5) is 36.8 Å². The average molecular weight is 383 g/mol. The Labute approximate surface area is 136 Å². The zero-order valence-electron chi connectivity index (χ0n) is 11.4. The molecule has 0 bridgehead atoms. The average Bonchev–Trinajstić information content (AvgIpc) is 2.37. The number of hydrogen-bond donors (Lipinski definition) is 2. The van der Waals surface area contributed by atoms with Crippen LogP contribution in [0.15, 0.2) is 18.2 Å². The lowest BCUT2D eigenvalue weighted by molar-refractivity contribution is -0.304. The molecule has 0 aliphatic carbocycles. The summed E-state index contributed by atoms with van der Waals surface area (Å²) < 4.78 is 77.5. The Balaban J connectivity index is 3.13. The molecule has 1 aromatic carbocycles. The van der Waals surface area contributed by atoms with Gasteiger partial charge in [-0.25, -0.2) is 4.79 Å². The second-order valence-electron chi connectivity index (χ2n) is 4.43. The molecule has 0 aliphatic rings. The van der Waals surface area contributed by atoms with Gasteiger partial charge in [0.15, 0.2) is 0 Å². The van der Waals surface area contributed by atoms with Crippen LogP contribution in [0.1, 0.15) is 13.3 Å². The fraction of sp³-hybridized carbons (Fsp3) is 0.417. The van der Waals surface area contributed by atoms with E-state index in [-0.39, 0.29) is 15.7 Å². The van der Waals surface area contributed by atoms with E-state index in [1.165, 1.54) is 18.2 Å². The number of alkyl halides is 6. The van der Waals surface area contributed by atoms with Gasteiger partial charge in [0.1, 0.15) is 0 Å². The maximum absolute atomic E-state index is 12.9. The van der Waals surface area contributed by atoms with Crippen molar-refractivity contribution in [1.29, 1.82) is 0 Å². The molecule has 0 heterocycles. The Kier molecular flexibility index (Phi) is 5.69. The number of hydrogen-bond acceptors (Lipinski definition) is 1. The molecule has 0 fully saturated rings. The molecule has 2 N–H and O–H groups in total. The van der Waals surface area contributed by atoms with Gasteiger partial charge in [-0.2, -0.15) is 26.3 Å². The number of urea groups is 1. The largest absolute Gasteiger partial charge is 0.420 e. The normalized spacial score (nSPS) is 12.9. The molecule has 23 heavy (non-hydrogen) atoms. The number of carbonyl (C=O) groups excluding carboxylic acids is 1. The van der Waals surface area contributed by atoms with Crippen molar-refractivity contribution in [3.8, 4) is 0 Å². The van der Waals surface area contributed by atoms with E-state index in [9.17, 15) is 31.1 Å². The number of carbonyl (C=O) groups is 1. The summed E-state index contributed by atoms with van der Waals surface area (Å²) in [6.45, 7) is 0.656. The Hall–Kier alpha value is -1.35. The van der Waals surface area contributed by atoms with E-state index in [1.54, 1.807) is 5.32 Å². The van der Waals surface area contributed by atoms with Crippen LogP contribution < -0.4 is 10.6 Å². The van der Waals surface area contributed by atoms with Crippen molar-refractivity contribution < 1.29 is 31.1 Å². The monoisotopic (exact) mass is 382 g/mol. The first-order valence-electron chi connectivity index (χ1n) is 6.02. The first kappa shape index (κ1) is 19.7. The maximum atomic E-state index is 12.9. The number of benzene rings is 1. The van der Waals surface area contributed by atoms with Crippen LogP contribution >= 0.6 is 23.2 Å². The van der Waals surface area contributed by atoms with Gasteiger partial charge >= 0.3 is 18.4 Å². The fourth-order valence-electron chi connectivity index (χ4n) is 1.75. The van der Waals surface area contributed by atoms with Crippen molar-refractivity contribution in [1.82, 2.24) is 5.32 Å². The smallest absolute Gasteiger partial charge is 0.316 e. The third kappa shape index (κ3) is 3.95. The van der Waals surface area contributed by atoms with E-state index < -0.39 is 30.3 Å². The van der Waals surface area contributed by atoms with Crippen LogP contribution in [0.3, 0.4) is 0 Å². The molecular formula is C12H10Cl2F6N2O.